The van der Waals surface area contributed by atoms with Crippen molar-refractivity contribution in [1.82, 2.24) is 4.57 Å². The molecule has 100 valence electrons. The minimum absolute atomic E-state index is 0.0294. The van der Waals surface area contributed by atoms with Gasteiger partial charge in [0.15, 0.2) is 3.95 Å². The Morgan fingerprint density at radius 3 is 2.39 bits per heavy atom. The predicted molar refractivity (Wildman–Crippen MR) is 66.5 cm³/mol. The summed E-state index contributed by atoms with van der Waals surface area (Å²) < 4.78 is 39.0. The Hall–Kier alpha value is -0.690. The molecule has 1 fully saturated rings. The fourth-order valence-electron chi connectivity index (χ4n) is 2.25. The van der Waals surface area contributed by atoms with Gasteiger partial charge in [0.2, 0.25) is 0 Å². The molecule has 1 aromatic rings. The maximum absolute atomic E-state index is 12.5. The maximum atomic E-state index is 12.5. The van der Waals surface area contributed by atoms with Gasteiger partial charge in [0.25, 0.3) is 5.56 Å². The van der Waals surface area contributed by atoms with E-state index in [1.807, 2.05) is 0 Å². The van der Waals surface area contributed by atoms with Crippen molar-refractivity contribution in [1.29, 1.82) is 0 Å². The van der Waals surface area contributed by atoms with Gasteiger partial charge >= 0.3 is 6.18 Å². The quantitative estimate of drug-likeness (QED) is 0.726. The zero-order valence-electron chi connectivity index (χ0n) is 9.50. The summed E-state index contributed by atoms with van der Waals surface area (Å²) in [5, 5.41) is 0. The van der Waals surface area contributed by atoms with Crippen molar-refractivity contribution in [2.45, 2.75) is 44.3 Å². The first-order valence-corrected chi connectivity index (χ1v) is 6.96. The molecular weight excluding hydrogens is 283 g/mol. The second-order valence-corrected chi connectivity index (χ2v) is 6.05. The molecule has 0 bridgehead atoms. The minimum Gasteiger partial charge on any atom is -0.288 e. The number of rotatable bonds is 1. The van der Waals surface area contributed by atoms with Crippen LogP contribution in [0.5, 0.6) is 0 Å². The lowest BCUT2D eigenvalue weighted by Crippen LogP contribution is -2.27. The Balaban J connectivity index is 2.44. The van der Waals surface area contributed by atoms with Gasteiger partial charge < -0.3 is 0 Å². The maximum Gasteiger partial charge on any atom is 0.425 e. The van der Waals surface area contributed by atoms with Crippen LogP contribution >= 0.6 is 23.6 Å². The van der Waals surface area contributed by atoms with Crippen molar-refractivity contribution in [3.05, 3.63) is 25.3 Å². The first kappa shape index (κ1) is 13.7. The van der Waals surface area contributed by atoms with Crippen molar-refractivity contribution in [3.63, 3.8) is 0 Å². The molecule has 2 rings (SSSR count). The molecule has 0 aliphatic heterocycles. The minimum atomic E-state index is -4.50. The topological polar surface area (TPSA) is 22.0 Å². The molecule has 1 aliphatic carbocycles. The number of halogens is 3. The van der Waals surface area contributed by atoms with E-state index in [9.17, 15) is 18.0 Å². The summed E-state index contributed by atoms with van der Waals surface area (Å²) in [4.78, 5) is 10.9. The zero-order valence-corrected chi connectivity index (χ0v) is 11.1. The standard InChI is InChI=1S/C11H12F3NOS2/c12-11(13,14)8-6-9(16)15(10(17)18-8)7-4-2-1-3-5-7/h6-7H,1-5H2. The molecule has 1 aromatic heterocycles. The van der Waals surface area contributed by atoms with Crippen LogP contribution in [0.3, 0.4) is 0 Å². The van der Waals surface area contributed by atoms with Crippen molar-refractivity contribution < 1.29 is 13.2 Å². The van der Waals surface area contributed by atoms with Gasteiger partial charge in [-0.25, -0.2) is 0 Å². The average Bonchev–Trinajstić information content (AvgIpc) is 2.28. The average molecular weight is 295 g/mol. The summed E-state index contributed by atoms with van der Waals surface area (Å²) in [7, 11) is 0. The first-order chi connectivity index (χ1) is 8.39. The fourth-order valence-corrected chi connectivity index (χ4v) is 3.56. The predicted octanol–water partition coefficient (Wildman–Crippen LogP) is 4.16. The third-order valence-electron chi connectivity index (χ3n) is 3.11. The lowest BCUT2D eigenvalue weighted by Gasteiger charge is -2.23. The Kier molecular flexibility index (Phi) is 3.91. The molecule has 7 heteroatoms. The molecule has 0 aromatic carbocycles. The highest BCUT2D eigenvalue weighted by Gasteiger charge is 2.33. The van der Waals surface area contributed by atoms with E-state index in [4.69, 9.17) is 12.2 Å². The van der Waals surface area contributed by atoms with Gasteiger partial charge in [-0.05, 0) is 25.1 Å². The third-order valence-corrected chi connectivity index (χ3v) is 4.49. The summed E-state index contributed by atoms with van der Waals surface area (Å²) in [5.74, 6) is 0. The molecule has 1 aliphatic rings. The van der Waals surface area contributed by atoms with E-state index in [1.54, 1.807) is 0 Å². The molecule has 18 heavy (non-hydrogen) atoms. The van der Waals surface area contributed by atoms with Crippen LogP contribution in [0.1, 0.15) is 43.0 Å². The highest BCUT2D eigenvalue weighted by atomic mass is 32.1. The Morgan fingerprint density at radius 1 is 1.28 bits per heavy atom. The van der Waals surface area contributed by atoms with Crippen LogP contribution < -0.4 is 5.56 Å². The lowest BCUT2D eigenvalue weighted by molar-refractivity contribution is -0.134. The van der Waals surface area contributed by atoms with Gasteiger partial charge in [0.1, 0.15) is 4.88 Å². The zero-order chi connectivity index (χ0) is 13.3. The molecule has 0 unspecified atom stereocenters. The number of aromatic nitrogens is 1. The van der Waals surface area contributed by atoms with Crippen molar-refractivity contribution in [2.75, 3.05) is 0 Å². The Morgan fingerprint density at radius 2 is 1.89 bits per heavy atom. The SMILES string of the molecule is O=c1cc(C(F)(F)F)sc(=S)n1C1CCCCC1. The van der Waals surface area contributed by atoms with E-state index in [1.165, 1.54) is 4.57 Å². The summed E-state index contributed by atoms with van der Waals surface area (Å²) in [6, 6.07) is 0.631. The number of hydrogen-bond donors (Lipinski definition) is 0. The van der Waals surface area contributed by atoms with Gasteiger partial charge in [-0.15, -0.1) is 11.3 Å². The Bertz CT molecular complexity index is 509. The lowest BCUT2D eigenvalue weighted by atomic mass is 9.95. The largest absolute Gasteiger partial charge is 0.425 e. The van der Waals surface area contributed by atoms with Gasteiger partial charge in [-0.1, -0.05) is 19.3 Å². The van der Waals surface area contributed by atoms with Crippen LogP contribution in [0.15, 0.2) is 10.9 Å². The van der Waals surface area contributed by atoms with Gasteiger partial charge in [0.05, 0.1) is 0 Å². The molecule has 0 saturated heterocycles. The van der Waals surface area contributed by atoms with E-state index in [0.29, 0.717) is 17.4 Å². The van der Waals surface area contributed by atoms with Crippen LogP contribution in [0.25, 0.3) is 0 Å². The van der Waals surface area contributed by atoms with Gasteiger partial charge in [0, 0.05) is 12.1 Å². The molecule has 0 spiro atoms. The molecular formula is C11H12F3NOS2. The van der Waals surface area contributed by atoms with Crippen molar-refractivity contribution in [3.8, 4) is 0 Å². The molecule has 2 nitrogen and oxygen atoms in total. The van der Waals surface area contributed by atoms with Crippen LogP contribution in [0, 0.1) is 3.95 Å². The smallest absolute Gasteiger partial charge is 0.288 e. The first-order valence-electron chi connectivity index (χ1n) is 5.73. The third kappa shape index (κ3) is 2.83. The number of hydrogen-bond acceptors (Lipinski definition) is 3. The normalized spacial score (nSPS) is 17.9. The second kappa shape index (κ2) is 5.13. The highest BCUT2D eigenvalue weighted by Crippen LogP contribution is 2.33. The molecule has 1 saturated carbocycles. The van der Waals surface area contributed by atoms with Crippen LogP contribution in [-0.4, -0.2) is 4.57 Å². The van der Waals surface area contributed by atoms with Crippen molar-refractivity contribution in [2.24, 2.45) is 0 Å². The van der Waals surface area contributed by atoms with E-state index in [-0.39, 0.29) is 10.00 Å². The summed E-state index contributed by atoms with van der Waals surface area (Å²) in [6.07, 6.45) is 0.253. The van der Waals surface area contributed by atoms with Crippen LogP contribution in [-0.2, 0) is 6.18 Å². The van der Waals surface area contributed by atoms with E-state index in [2.05, 4.69) is 0 Å². The van der Waals surface area contributed by atoms with E-state index >= 15 is 0 Å². The van der Waals surface area contributed by atoms with Crippen LogP contribution in [0.2, 0.25) is 0 Å². The second-order valence-electron chi connectivity index (χ2n) is 4.37. The molecule has 0 amide bonds. The highest BCUT2D eigenvalue weighted by molar-refractivity contribution is 7.73. The fraction of sp³-hybridized carbons (Fsp3) is 0.636. The molecule has 1 heterocycles. The van der Waals surface area contributed by atoms with E-state index < -0.39 is 16.6 Å². The van der Waals surface area contributed by atoms with Gasteiger partial charge in [-0.2, -0.15) is 13.2 Å². The molecule has 0 N–H and O–H groups in total. The van der Waals surface area contributed by atoms with Crippen molar-refractivity contribution >= 4 is 23.6 Å². The Labute approximate surface area is 111 Å². The molecule has 0 atom stereocenters. The van der Waals surface area contributed by atoms with Gasteiger partial charge in [-0.3, -0.25) is 9.36 Å². The number of alkyl halides is 3. The molecule has 0 radical (unpaired) electrons. The number of nitrogens with zero attached hydrogens (tertiary/aromatic N) is 1. The summed E-state index contributed by atoms with van der Waals surface area (Å²) >= 11 is 5.43. The summed E-state index contributed by atoms with van der Waals surface area (Å²) in [6.45, 7) is 0. The van der Waals surface area contributed by atoms with E-state index in [0.717, 1.165) is 32.1 Å². The summed E-state index contributed by atoms with van der Waals surface area (Å²) in [5.41, 5.74) is -0.627. The van der Waals surface area contributed by atoms with Crippen LogP contribution in [0.4, 0.5) is 13.2 Å². The monoisotopic (exact) mass is 295 g/mol.